The number of para-hydroxylation sites is 2. The molecule has 3 rings (SSSR count). The van der Waals surface area contributed by atoms with Crippen molar-refractivity contribution < 1.29 is 14.6 Å². The molecular weight excluding hydrogens is 240 g/mol. The van der Waals surface area contributed by atoms with Gasteiger partial charge in [0.25, 0.3) is 0 Å². The van der Waals surface area contributed by atoms with E-state index < -0.39 is 6.10 Å². The standard InChI is InChI=1S/C16H16O3/c1-11-5-4-6-12(9-11)16(17)15-10-18-13-7-2-3-8-14(13)19-15/h2-9,15-17H,10H2,1H3. The van der Waals surface area contributed by atoms with Crippen LogP contribution in [0.2, 0.25) is 0 Å². The number of hydrogen-bond acceptors (Lipinski definition) is 3. The summed E-state index contributed by atoms with van der Waals surface area (Å²) in [7, 11) is 0. The van der Waals surface area contributed by atoms with Crippen molar-refractivity contribution in [2.75, 3.05) is 6.61 Å². The van der Waals surface area contributed by atoms with Crippen LogP contribution in [-0.2, 0) is 0 Å². The zero-order chi connectivity index (χ0) is 13.2. The van der Waals surface area contributed by atoms with Crippen molar-refractivity contribution in [1.82, 2.24) is 0 Å². The number of rotatable bonds is 2. The molecule has 0 saturated carbocycles. The summed E-state index contributed by atoms with van der Waals surface area (Å²) in [5.41, 5.74) is 1.97. The van der Waals surface area contributed by atoms with Crippen LogP contribution in [0.25, 0.3) is 0 Å². The fourth-order valence-electron chi connectivity index (χ4n) is 2.26. The maximum atomic E-state index is 10.4. The van der Waals surface area contributed by atoms with E-state index in [1.165, 1.54) is 0 Å². The lowest BCUT2D eigenvalue weighted by molar-refractivity contribution is -0.0113. The van der Waals surface area contributed by atoms with Crippen molar-refractivity contribution in [2.24, 2.45) is 0 Å². The Bertz CT molecular complexity index is 580. The molecule has 1 aliphatic rings. The molecule has 1 heterocycles. The van der Waals surface area contributed by atoms with Gasteiger partial charge in [0.2, 0.25) is 0 Å². The number of ether oxygens (including phenoxy) is 2. The summed E-state index contributed by atoms with van der Waals surface area (Å²) >= 11 is 0. The Morgan fingerprint density at radius 1 is 1.11 bits per heavy atom. The lowest BCUT2D eigenvalue weighted by Gasteiger charge is -2.29. The van der Waals surface area contributed by atoms with E-state index in [4.69, 9.17) is 9.47 Å². The molecule has 3 nitrogen and oxygen atoms in total. The first-order valence-corrected chi connectivity index (χ1v) is 6.37. The Morgan fingerprint density at radius 2 is 1.89 bits per heavy atom. The molecule has 2 atom stereocenters. The molecule has 0 amide bonds. The summed E-state index contributed by atoms with van der Waals surface area (Å²) in [6.07, 6.45) is -1.06. The Balaban J connectivity index is 1.81. The van der Waals surface area contributed by atoms with E-state index in [2.05, 4.69) is 0 Å². The maximum absolute atomic E-state index is 10.4. The third-order valence-electron chi connectivity index (χ3n) is 3.27. The third-order valence-corrected chi connectivity index (χ3v) is 3.27. The van der Waals surface area contributed by atoms with Crippen molar-refractivity contribution in [2.45, 2.75) is 19.1 Å². The molecule has 0 spiro atoms. The Labute approximate surface area is 112 Å². The zero-order valence-corrected chi connectivity index (χ0v) is 10.7. The van der Waals surface area contributed by atoms with Gasteiger partial charge < -0.3 is 14.6 Å². The fraction of sp³-hybridized carbons (Fsp3) is 0.250. The van der Waals surface area contributed by atoms with E-state index >= 15 is 0 Å². The molecule has 2 aromatic carbocycles. The summed E-state index contributed by atoms with van der Waals surface area (Å²) in [5.74, 6) is 1.42. The van der Waals surface area contributed by atoms with Gasteiger partial charge in [-0.15, -0.1) is 0 Å². The van der Waals surface area contributed by atoms with Crippen molar-refractivity contribution in [3.63, 3.8) is 0 Å². The van der Waals surface area contributed by atoms with Gasteiger partial charge in [0.05, 0.1) is 0 Å². The summed E-state index contributed by atoms with van der Waals surface area (Å²) in [5, 5.41) is 10.4. The second-order valence-electron chi connectivity index (χ2n) is 4.77. The van der Waals surface area contributed by atoms with E-state index in [1.54, 1.807) is 0 Å². The SMILES string of the molecule is Cc1cccc(C(O)C2COc3ccccc3O2)c1. The summed E-state index contributed by atoms with van der Waals surface area (Å²) < 4.78 is 11.4. The minimum absolute atomic E-state index is 0.353. The van der Waals surface area contributed by atoms with Gasteiger partial charge in [0, 0.05) is 0 Å². The quantitative estimate of drug-likeness (QED) is 0.898. The normalized spacial score (nSPS) is 18.9. The van der Waals surface area contributed by atoms with Crippen molar-refractivity contribution in [3.8, 4) is 11.5 Å². The van der Waals surface area contributed by atoms with Gasteiger partial charge >= 0.3 is 0 Å². The molecular formula is C16H16O3. The van der Waals surface area contributed by atoms with Gasteiger partial charge in [0.15, 0.2) is 17.6 Å². The summed E-state index contributed by atoms with van der Waals surface area (Å²) in [6, 6.07) is 15.3. The molecule has 1 aliphatic heterocycles. The summed E-state index contributed by atoms with van der Waals surface area (Å²) in [4.78, 5) is 0. The molecule has 2 unspecified atom stereocenters. The van der Waals surface area contributed by atoms with E-state index in [0.29, 0.717) is 12.4 Å². The molecule has 2 aromatic rings. The van der Waals surface area contributed by atoms with Crippen LogP contribution in [0.5, 0.6) is 11.5 Å². The predicted molar refractivity (Wildman–Crippen MR) is 72.5 cm³/mol. The van der Waals surface area contributed by atoms with Crippen molar-refractivity contribution in [3.05, 3.63) is 59.7 Å². The average molecular weight is 256 g/mol. The monoisotopic (exact) mass is 256 g/mol. The second kappa shape index (κ2) is 4.94. The molecule has 98 valence electrons. The average Bonchev–Trinajstić information content (AvgIpc) is 2.46. The molecule has 0 radical (unpaired) electrons. The third kappa shape index (κ3) is 2.42. The number of fused-ring (bicyclic) bond motifs is 1. The van der Waals surface area contributed by atoms with Gasteiger partial charge in [-0.05, 0) is 24.6 Å². The van der Waals surface area contributed by atoms with Gasteiger partial charge in [-0.2, -0.15) is 0 Å². The minimum atomic E-state index is -0.687. The van der Waals surface area contributed by atoms with Crippen LogP contribution in [0.15, 0.2) is 48.5 Å². The van der Waals surface area contributed by atoms with Crippen LogP contribution in [-0.4, -0.2) is 17.8 Å². The fourth-order valence-corrected chi connectivity index (χ4v) is 2.26. The van der Waals surface area contributed by atoms with Crippen LogP contribution in [0.1, 0.15) is 17.2 Å². The lowest BCUT2D eigenvalue weighted by atomic mass is 10.0. The minimum Gasteiger partial charge on any atom is -0.486 e. The first-order valence-electron chi connectivity index (χ1n) is 6.37. The lowest BCUT2D eigenvalue weighted by Crippen LogP contribution is -2.34. The smallest absolute Gasteiger partial charge is 0.163 e. The summed E-state index contributed by atoms with van der Waals surface area (Å²) in [6.45, 7) is 2.36. The van der Waals surface area contributed by atoms with E-state index in [1.807, 2.05) is 55.5 Å². The van der Waals surface area contributed by atoms with Crippen LogP contribution in [0, 0.1) is 6.92 Å². The van der Waals surface area contributed by atoms with Crippen LogP contribution in [0.3, 0.4) is 0 Å². The topological polar surface area (TPSA) is 38.7 Å². The highest BCUT2D eigenvalue weighted by Crippen LogP contribution is 2.34. The van der Waals surface area contributed by atoms with Gasteiger partial charge in [0.1, 0.15) is 12.7 Å². The molecule has 1 N–H and O–H groups in total. The van der Waals surface area contributed by atoms with Gasteiger partial charge in [-0.25, -0.2) is 0 Å². The van der Waals surface area contributed by atoms with Crippen LogP contribution in [0.4, 0.5) is 0 Å². The predicted octanol–water partition coefficient (Wildman–Crippen LogP) is 2.87. The Kier molecular flexibility index (Phi) is 3.13. The van der Waals surface area contributed by atoms with Crippen molar-refractivity contribution in [1.29, 1.82) is 0 Å². The molecule has 19 heavy (non-hydrogen) atoms. The Morgan fingerprint density at radius 3 is 2.68 bits per heavy atom. The van der Waals surface area contributed by atoms with Crippen LogP contribution >= 0.6 is 0 Å². The zero-order valence-electron chi connectivity index (χ0n) is 10.7. The van der Waals surface area contributed by atoms with Gasteiger partial charge in [-0.3, -0.25) is 0 Å². The molecule has 0 aliphatic carbocycles. The first-order chi connectivity index (χ1) is 9.24. The number of hydrogen-bond donors (Lipinski definition) is 1. The van der Waals surface area contributed by atoms with E-state index in [-0.39, 0.29) is 6.10 Å². The highest BCUT2D eigenvalue weighted by molar-refractivity contribution is 5.41. The number of benzene rings is 2. The van der Waals surface area contributed by atoms with Crippen LogP contribution < -0.4 is 9.47 Å². The second-order valence-corrected chi connectivity index (χ2v) is 4.77. The molecule has 0 saturated heterocycles. The molecule has 0 fully saturated rings. The molecule has 0 bridgehead atoms. The Hall–Kier alpha value is -2.00. The van der Waals surface area contributed by atoms with Gasteiger partial charge in [-0.1, -0.05) is 42.0 Å². The highest BCUT2D eigenvalue weighted by Gasteiger charge is 2.28. The number of aliphatic hydroxyl groups excluding tert-OH is 1. The van der Waals surface area contributed by atoms with E-state index in [9.17, 15) is 5.11 Å². The highest BCUT2D eigenvalue weighted by atomic mass is 16.6. The largest absolute Gasteiger partial charge is 0.486 e. The van der Waals surface area contributed by atoms with Crippen molar-refractivity contribution >= 4 is 0 Å². The first kappa shape index (κ1) is 12.1. The number of aliphatic hydroxyl groups is 1. The molecule has 0 aromatic heterocycles. The van der Waals surface area contributed by atoms with E-state index in [0.717, 1.165) is 16.9 Å². The molecule has 3 heteroatoms. The number of aryl methyl sites for hydroxylation is 1. The maximum Gasteiger partial charge on any atom is 0.163 e.